The first-order valence-corrected chi connectivity index (χ1v) is 8.56. The molecule has 4 atom stereocenters. The van der Waals surface area contributed by atoms with E-state index in [2.05, 4.69) is 19.9 Å². The van der Waals surface area contributed by atoms with Gasteiger partial charge in [-0.1, -0.05) is 0 Å². The molecule has 0 unspecified atom stereocenters. The van der Waals surface area contributed by atoms with Crippen molar-refractivity contribution in [2.75, 3.05) is 12.3 Å². The van der Waals surface area contributed by atoms with E-state index in [0.717, 1.165) is 0 Å². The second-order valence-corrected chi connectivity index (χ2v) is 6.41. The highest BCUT2D eigenvalue weighted by molar-refractivity contribution is 7.11. The summed E-state index contributed by atoms with van der Waals surface area (Å²) in [6, 6.07) is 0. The summed E-state index contributed by atoms with van der Waals surface area (Å²) in [7, 11) is 0. The van der Waals surface area contributed by atoms with Gasteiger partial charge in [0.25, 0.3) is 5.91 Å². The standard InChI is InChI=1S/C10H13N5O4.C4H4N2OS/c11-8-5-9(13-2-12-8)15(3-14-5)10-7(18)6(17)4(1-16)19-10;5-3(7)4-6-1-2-8-4/h2-4,6-7,10,16-18H,1H2,(H2,11,12,13);1-2H,(H2,5,7)/t4-,6-,7-,10-;/m1./s1. The van der Waals surface area contributed by atoms with Gasteiger partial charge in [-0.05, 0) is 0 Å². The summed E-state index contributed by atoms with van der Waals surface area (Å²) in [5.41, 5.74) is 11.3. The lowest BCUT2D eigenvalue weighted by Gasteiger charge is -2.16. The molecule has 1 aliphatic rings. The fourth-order valence-electron chi connectivity index (χ4n) is 2.51. The monoisotopic (exact) mass is 395 g/mol. The van der Waals surface area contributed by atoms with Crippen molar-refractivity contribution in [2.24, 2.45) is 5.73 Å². The van der Waals surface area contributed by atoms with Gasteiger partial charge in [0.15, 0.2) is 22.7 Å². The predicted molar refractivity (Wildman–Crippen MR) is 93.4 cm³/mol. The average Bonchev–Trinajstić information content (AvgIpc) is 3.37. The number of anilines is 1. The third-order valence-corrected chi connectivity index (χ3v) is 4.61. The van der Waals surface area contributed by atoms with E-state index >= 15 is 0 Å². The minimum Gasteiger partial charge on any atom is -0.394 e. The van der Waals surface area contributed by atoms with Crippen LogP contribution in [0.15, 0.2) is 24.2 Å². The topological polar surface area (TPSA) is 196 Å². The quantitative estimate of drug-likeness (QED) is 0.339. The van der Waals surface area contributed by atoms with E-state index in [9.17, 15) is 15.0 Å². The zero-order valence-corrected chi connectivity index (χ0v) is 14.6. The molecule has 0 saturated carbocycles. The number of carbonyl (C=O) groups excluding carboxylic acids is 1. The molecule has 1 aliphatic heterocycles. The Morgan fingerprint density at radius 3 is 2.59 bits per heavy atom. The third-order valence-electron chi connectivity index (χ3n) is 3.82. The second kappa shape index (κ2) is 7.89. The number of imidazole rings is 1. The van der Waals surface area contributed by atoms with Gasteiger partial charge in [-0.3, -0.25) is 9.36 Å². The number of nitrogen functional groups attached to an aromatic ring is 1. The van der Waals surface area contributed by atoms with Crippen molar-refractivity contribution in [2.45, 2.75) is 24.5 Å². The van der Waals surface area contributed by atoms with Crippen LogP contribution >= 0.6 is 11.3 Å². The highest BCUT2D eigenvalue weighted by Gasteiger charge is 2.43. The van der Waals surface area contributed by atoms with Gasteiger partial charge in [0.2, 0.25) is 0 Å². The molecule has 4 heterocycles. The first-order valence-electron chi connectivity index (χ1n) is 7.68. The molecule has 1 fully saturated rings. The van der Waals surface area contributed by atoms with Crippen LogP contribution in [0.3, 0.4) is 0 Å². The molecular formula is C14H17N7O5S. The van der Waals surface area contributed by atoms with Crippen LogP contribution in [0, 0.1) is 0 Å². The number of amides is 1. The summed E-state index contributed by atoms with van der Waals surface area (Å²) in [6.45, 7) is -0.390. The van der Waals surface area contributed by atoms with Crippen molar-refractivity contribution in [3.8, 4) is 0 Å². The Balaban J connectivity index is 0.000000221. The molecule has 0 aromatic carbocycles. The summed E-state index contributed by atoms with van der Waals surface area (Å²) >= 11 is 1.25. The van der Waals surface area contributed by atoms with Crippen LogP contribution < -0.4 is 11.5 Å². The molecule has 4 rings (SSSR count). The summed E-state index contributed by atoms with van der Waals surface area (Å²) in [5.74, 6) is -0.240. The Labute approximate surface area is 156 Å². The van der Waals surface area contributed by atoms with E-state index in [1.807, 2.05) is 0 Å². The molecule has 0 spiro atoms. The van der Waals surface area contributed by atoms with Gasteiger partial charge in [-0.15, -0.1) is 11.3 Å². The molecule has 144 valence electrons. The normalized spacial score (nSPS) is 24.6. The number of nitrogens with zero attached hydrogens (tertiary/aromatic N) is 5. The molecule has 27 heavy (non-hydrogen) atoms. The maximum atomic E-state index is 10.2. The molecule has 1 amide bonds. The highest BCUT2D eigenvalue weighted by Crippen LogP contribution is 2.31. The number of ether oxygens (including phenoxy) is 1. The second-order valence-electron chi connectivity index (χ2n) is 5.51. The lowest BCUT2D eigenvalue weighted by molar-refractivity contribution is -0.0511. The van der Waals surface area contributed by atoms with Crippen LogP contribution in [0.4, 0.5) is 5.82 Å². The number of primary amides is 1. The van der Waals surface area contributed by atoms with Crippen molar-refractivity contribution in [1.82, 2.24) is 24.5 Å². The number of hydrogen-bond acceptors (Lipinski definition) is 11. The fraction of sp³-hybridized carbons (Fsp3) is 0.357. The molecular weight excluding hydrogens is 378 g/mol. The molecule has 3 aromatic heterocycles. The zero-order chi connectivity index (χ0) is 19.6. The van der Waals surface area contributed by atoms with Crippen LogP contribution in [0.1, 0.15) is 16.0 Å². The maximum absolute atomic E-state index is 10.2. The van der Waals surface area contributed by atoms with Gasteiger partial charge >= 0.3 is 0 Å². The number of aliphatic hydroxyl groups is 3. The van der Waals surface area contributed by atoms with Gasteiger partial charge in [-0.2, -0.15) is 0 Å². The van der Waals surface area contributed by atoms with E-state index < -0.39 is 37.1 Å². The summed E-state index contributed by atoms with van der Waals surface area (Å²) in [5, 5.41) is 30.8. The molecule has 13 heteroatoms. The first kappa shape index (κ1) is 19.1. The fourth-order valence-corrected chi connectivity index (χ4v) is 3.00. The van der Waals surface area contributed by atoms with E-state index in [0.29, 0.717) is 16.2 Å². The largest absolute Gasteiger partial charge is 0.394 e. The molecule has 0 aliphatic carbocycles. The number of aliphatic hydroxyl groups excluding tert-OH is 3. The van der Waals surface area contributed by atoms with Crippen LogP contribution in [-0.2, 0) is 4.74 Å². The summed E-state index contributed by atoms with van der Waals surface area (Å²) in [6.07, 6.45) is 0.123. The van der Waals surface area contributed by atoms with Gasteiger partial charge in [0.1, 0.15) is 30.2 Å². The van der Waals surface area contributed by atoms with Gasteiger partial charge in [-0.25, -0.2) is 19.9 Å². The minimum atomic E-state index is -1.19. The Bertz CT molecular complexity index is 918. The van der Waals surface area contributed by atoms with E-state index in [1.54, 1.807) is 11.6 Å². The van der Waals surface area contributed by atoms with Crippen molar-refractivity contribution in [3.63, 3.8) is 0 Å². The van der Waals surface area contributed by atoms with E-state index in [1.165, 1.54) is 28.6 Å². The number of aromatic nitrogens is 5. The maximum Gasteiger partial charge on any atom is 0.277 e. The van der Waals surface area contributed by atoms with Crippen LogP contribution in [0.25, 0.3) is 11.2 Å². The van der Waals surface area contributed by atoms with Gasteiger partial charge < -0.3 is 31.5 Å². The molecule has 12 nitrogen and oxygen atoms in total. The Morgan fingerprint density at radius 2 is 2.04 bits per heavy atom. The zero-order valence-electron chi connectivity index (χ0n) is 13.8. The Kier molecular flexibility index (Phi) is 5.57. The molecule has 3 aromatic rings. The van der Waals surface area contributed by atoms with Crippen molar-refractivity contribution in [3.05, 3.63) is 29.2 Å². The number of fused-ring (bicyclic) bond motifs is 1. The van der Waals surface area contributed by atoms with E-state index in [4.69, 9.17) is 21.3 Å². The summed E-state index contributed by atoms with van der Waals surface area (Å²) < 4.78 is 6.85. The Morgan fingerprint density at radius 1 is 1.26 bits per heavy atom. The molecule has 0 radical (unpaired) electrons. The van der Waals surface area contributed by atoms with Crippen molar-refractivity contribution in [1.29, 1.82) is 0 Å². The van der Waals surface area contributed by atoms with Crippen LogP contribution in [-0.4, -0.2) is 70.6 Å². The smallest absolute Gasteiger partial charge is 0.277 e. The number of thiazole rings is 1. The Hall–Kier alpha value is -2.71. The van der Waals surface area contributed by atoms with E-state index in [-0.39, 0.29) is 5.82 Å². The van der Waals surface area contributed by atoms with Crippen LogP contribution in [0.2, 0.25) is 0 Å². The van der Waals surface area contributed by atoms with Crippen LogP contribution in [0.5, 0.6) is 0 Å². The molecule has 7 N–H and O–H groups in total. The lowest BCUT2D eigenvalue weighted by Crippen LogP contribution is -2.33. The van der Waals surface area contributed by atoms with Crippen molar-refractivity contribution >= 4 is 34.2 Å². The predicted octanol–water partition coefficient (Wildman–Crippen LogP) is -1.74. The number of rotatable bonds is 3. The number of hydrogen-bond donors (Lipinski definition) is 5. The highest BCUT2D eigenvalue weighted by atomic mass is 32.1. The van der Waals surface area contributed by atoms with Gasteiger partial charge in [0.05, 0.1) is 12.9 Å². The molecule has 0 bridgehead atoms. The van der Waals surface area contributed by atoms with Gasteiger partial charge in [0, 0.05) is 11.6 Å². The average molecular weight is 395 g/mol. The lowest BCUT2D eigenvalue weighted by atomic mass is 10.1. The SMILES string of the molecule is NC(=O)c1nccs1.Nc1ncnc2c1ncn2[C@@H]1O[C@H](CO)[C@@H](O)[C@H]1O. The minimum absolute atomic E-state index is 0.218. The first-order chi connectivity index (χ1) is 12.9. The molecule has 1 saturated heterocycles. The third kappa shape index (κ3) is 3.72. The summed E-state index contributed by atoms with van der Waals surface area (Å²) in [4.78, 5) is 25.8. The number of nitrogens with two attached hydrogens (primary N) is 2. The number of carbonyl (C=O) groups is 1. The van der Waals surface area contributed by atoms with Crippen molar-refractivity contribution < 1.29 is 24.9 Å².